The van der Waals surface area contributed by atoms with Gasteiger partial charge in [0, 0.05) is 0 Å². The minimum Gasteiger partial charge on any atom is -0.497 e. The number of benzene rings is 2. The van der Waals surface area contributed by atoms with E-state index >= 15 is 0 Å². The van der Waals surface area contributed by atoms with E-state index in [9.17, 15) is 4.79 Å². The van der Waals surface area contributed by atoms with E-state index in [-0.39, 0.29) is 5.97 Å². The maximum absolute atomic E-state index is 11.4. The van der Waals surface area contributed by atoms with Crippen LogP contribution in [-0.4, -0.2) is 19.7 Å². The molecular weight excluding hydrogens is 228 g/mol. The third kappa shape index (κ3) is 2.80. The van der Waals surface area contributed by atoms with Crippen LogP contribution in [0.15, 0.2) is 36.4 Å². The second-order valence-corrected chi connectivity index (χ2v) is 4.03. The number of carbonyl (C=O) groups is 1. The van der Waals surface area contributed by atoms with Crippen LogP contribution in [0.4, 0.5) is 0 Å². The normalized spacial score (nSPS) is 10.3. The third-order valence-corrected chi connectivity index (χ3v) is 2.77. The first-order valence-corrected chi connectivity index (χ1v) is 5.95. The maximum atomic E-state index is 11.4. The second-order valence-electron chi connectivity index (χ2n) is 4.03. The molecule has 0 aliphatic rings. The molecule has 0 aliphatic heterocycles. The number of carbonyl (C=O) groups excluding carboxylic acids is 1. The third-order valence-electron chi connectivity index (χ3n) is 2.77. The number of hydrogen-bond donors (Lipinski definition) is 0. The predicted octanol–water partition coefficient (Wildman–Crippen LogP) is 2.95. The van der Waals surface area contributed by atoms with Crippen LogP contribution in [0.5, 0.6) is 5.75 Å². The smallest absolute Gasteiger partial charge is 0.310 e. The number of hydrogen-bond acceptors (Lipinski definition) is 3. The Bertz CT molecular complexity index is 561. The summed E-state index contributed by atoms with van der Waals surface area (Å²) in [7, 11) is 1.65. The summed E-state index contributed by atoms with van der Waals surface area (Å²) in [4.78, 5) is 11.4. The molecule has 0 N–H and O–H groups in total. The van der Waals surface area contributed by atoms with Gasteiger partial charge in [-0.3, -0.25) is 4.79 Å². The zero-order valence-electron chi connectivity index (χ0n) is 10.6. The molecule has 18 heavy (non-hydrogen) atoms. The molecule has 2 rings (SSSR count). The molecule has 0 atom stereocenters. The van der Waals surface area contributed by atoms with Crippen LogP contribution >= 0.6 is 0 Å². The molecule has 3 nitrogen and oxygen atoms in total. The van der Waals surface area contributed by atoms with Crippen molar-refractivity contribution in [3.63, 3.8) is 0 Å². The highest BCUT2D eigenvalue weighted by atomic mass is 16.5. The van der Waals surface area contributed by atoms with Gasteiger partial charge < -0.3 is 9.47 Å². The lowest BCUT2D eigenvalue weighted by Crippen LogP contribution is -2.07. The molecule has 0 aliphatic carbocycles. The van der Waals surface area contributed by atoms with Gasteiger partial charge in [-0.1, -0.05) is 24.3 Å². The fourth-order valence-electron chi connectivity index (χ4n) is 1.89. The Kier molecular flexibility index (Phi) is 3.82. The van der Waals surface area contributed by atoms with E-state index in [2.05, 4.69) is 0 Å². The van der Waals surface area contributed by atoms with Crippen molar-refractivity contribution in [1.82, 2.24) is 0 Å². The predicted molar refractivity (Wildman–Crippen MR) is 70.8 cm³/mol. The topological polar surface area (TPSA) is 35.5 Å². The van der Waals surface area contributed by atoms with Crippen LogP contribution in [0.2, 0.25) is 0 Å². The van der Waals surface area contributed by atoms with E-state index in [4.69, 9.17) is 9.47 Å². The first-order valence-electron chi connectivity index (χ1n) is 5.95. The number of rotatable bonds is 4. The summed E-state index contributed by atoms with van der Waals surface area (Å²) in [6.07, 6.45) is 0.315. The first-order chi connectivity index (χ1) is 8.72. The van der Waals surface area contributed by atoms with E-state index in [0.29, 0.717) is 13.0 Å². The molecule has 2 aromatic carbocycles. The Balaban J connectivity index is 2.25. The van der Waals surface area contributed by atoms with E-state index in [1.54, 1.807) is 7.11 Å². The lowest BCUT2D eigenvalue weighted by atomic mass is 10.0. The standard InChI is InChI=1S/C15H16O3/c1-3-18-15(16)9-11-4-5-13-10-14(17-2)7-6-12(13)8-11/h4-8,10H,3,9H2,1-2H3. The fraction of sp³-hybridized carbons (Fsp3) is 0.267. The van der Waals surface area contributed by atoms with Crippen molar-refractivity contribution in [3.8, 4) is 5.75 Å². The Hall–Kier alpha value is -2.03. The van der Waals surface area contributed by atoms with Gasteiger partial charge in [-0.15, -0.1) is 0 Å². The van der Waals surface area contributed by atoms with Gasteiger partial charge in [0.15, 0.2) is 0 Å². The highest BCUT2D eigenvalue weighted by molar-refractivity contribution is 5.85. The summed E-state index contributed by atoms with van der Waals surface area (Å²) in [6, 6.07) is 11.8. The van der Waals surface area contributed by atoms with Crippen molar-refractivity contribution in [3.05, 3.63) is 42.0 Å². The number of esters is 1. The van der Waals surface area contributed by atoms with Gasteiger partial charge in [-0.2, -0.15) is 0 Å². The Morgan fingerprint density at radius 3 is 2.56 bits per heavy atom. The quantitative estimate of drug-likeness (QED) is 0.776. The van der Waals surface area contributed by atoms with Crippen molar-refractivity contribution in [2.45, 2.75) is 13.3 Å². The first kappa shape index (κ1) is 12.4. The molecule has 0 radical (unpaired) electrons. The van der Waals surface area contributed by atoms with Crippen LogP contribution < -0.4 is 4.74 Å². The molecule has 0 bridgehead atoms. The average molecular weight is 244 g/mol. The van der Waals surface area contributed by atoms with Gasteiger partial charge in [0.25, 0.3) is 0 Å². The van der Waals surface area contributed by atoms with Crippen LogP contribution in [0.25, 0.3) is 10.8 Å². The van der Waals surface area contributed by atoms with E-state index in [1.807, 2.05) is 43.3 Å². The maximum Gasteiger partial charge on any atom is 0.310 e. The Morgan fingerprint density at radius 2 is 1.83 bits per heavy atom. The number of fused-ring (bicyclic) bond motifs is 1. The molecule has 0 aromatic heterocycles. The van der Waals surface area contributed by atoms with Crippen LogP contribution in [0.1, 0.15) is 12.5 Å². The average Bonchev–Trinajstić information content (AvgIpc) is 2.38. The van der Waals surface area contributed by atoms with Crippen molar-refractivity contribution < 1.29 is 14.3 Å². The van der Waals surface area contributed by atoms with Gasteiger partial charge in [-0.05, 0) is 35.4 Å². The van der Waals surface area contributed by atoms with Gasteiger partial charge in [-0.25, -0.2) is 0 Å². The molecule has 2 aromatic rings. The van der Waals surface area contributed by atoms with Crippen LogP contribution in [-0.2, 0) is 16.0 Å². The molecule has 0 saturated carbocycles. The molecule has 94 valence electrons. The summed E-state index contributed by atoms with van der Waals surface area (Å²) in [5, 5.41) is 2.19. The van der Waals surface area contributed by atoms with E-state index < -0.39 is 0 Å². The summed E-state index contributed by atoms with van der Waals surface area (Å²) >= 11 is 0. The van der Waals surface area contributed by atoms with E-state index in [1.165, 1.54) is 0 Å². The summed E-state index contributed by atoms with van der Waals surface area (Å²) in [5.41, 5.74) is 0.964. The van der Waals surface area contributed by atoms with Gasteiger partial charge >= 0.3 is 5.97 Å². The van der Waals surface area contributed by atoms with Crippen LogP contribution in [0, 0.1) is 0 Å². The molecule has 0 spiro atoms. The van der Waals surface area contributed by atoms with Crippen molar-refractivity contribution in [2.75, 3.05) is 13.7 Å². The number of methoxy groups -OCH3 is 1. The molecule has 3 heteroatoms. The fourth-order valence-corrected chi connectivity index (χ4v) is 1.89. The van der Waals surface area contributed by atoms with Gasteiger partial charge in [0.05, 0.1) is 20.1 Å². The molecule has 0 saturated heterocycles. The minimum atomic E-state index is -0.189. The summed E-state index contributed by atoms with van der Waals surface area (Å²) in [5.74, 6) is 0.644. The number of ether oxygens (including phenoxy) is 2. The van der Waals surface area contributed by atoms with Gasteiger partial charge in [0.1, 0.15) is 5.75 Å². The minimum absolute atomic E-state index is 0.189. The van der Waals surface area contributed by atoms with Crippen LogP contribution in [0.3, 0.4) is 0 Å². The zero-order valence-corrected chi connectivity index (χ0v) is 10.6. The highest BCUT2D eigenvalue weighted by Gasteiger charge is 2.05. The molecule has 0 unspecified atom stereocenters. The molecule has 0 heterocycles. The Morgan fingerprint density at radius 1 is 1.11 bits per heavy atom. The molecular formula is C15H16O3. The monoisotopic (exact) mass is 244 g/mol. The van der Waals surface area contributed by atoms with Crippen molar-refractivity contribution >= 4 is 16.7 Å². The summed E-state index contributed by atoms with van der Waals surface area (Å²) < 4.78 is 10.1. The zero-order chi connectivity index (χ0) is 13.0. The van der Waals surface area contributed by atoms with E-state index in [0.717, 1.165) is 22.1 Å². The SMILES string of the molecule is CCOC(=O)Cc1ccc2cc(OC)ccc2c1. The second kappa shape index (κ2) is 5.54. The highest BCUT2D eigenvalue weighted by Crippen LogP contribution is 2.22. The summed E-state index contributed by atoms with van der Waals surface area (Å²) in [6.45, 7) is 2.23. The molecule has 0 fully saturated rings. The lowest BCUT2D eigenvalue weighted by Gasteiger charge is -2.05. The Labute approximate surface area is 106 Å². The lowest BCUT2D eigenvalue weighted by molar-refractivity contribution is -0.142. The van der Waals surface area contributed by atoms with Gasteiger partial charge in [0.2, 0.25) is 0 Å². The van der Waals surface area contributed by atoms with Crippen molar-refractivity contribution in [2.24, 2.45) is 0 Å². The molecule has 0 amide bonds. The largest absolute Gasteiger partial charge is 0.497 e. The van der Waals surface area contributed by atoms with Crippen molar-refractivity contribution in [1.29, 1.82) is 0 Å².